The molecule has 0 spiro atoms. The van der Waals surface area contributed by atoms with Crippen molar-refractivity contribution in [3.8, 4) is 0 Å². The molecule has 0 aliphatic carbocycles. The number of Topliss-reactive ketones (excluding diaryl/α,β-unsaturated/α-hetero) is 1. The molecule has 1 aliphatic heterocycles. The van der Waals surface area contributed by atoms with Crippen LogP contribution in [0.2, 0.25) is 0 Å². The molecule has 1 saturated heterocycles. The largest absolute Gasteiger partial charge is 0.378 e. The van der Waals surface area contributed by atoms with Crippen LogP contribution in [0.5, 0.6) is 0 Å². The van der Waals surface area contributed by atoms with Crippen molar-refractivity contribution in [2.45, 2.75) is 78.4 Å². The topological polar surface area (TPSA) is 44.1 Å². The standard InChI is InChI=1S/C17H28N2O2/c1-4-14-17(16(20)6-3)15(5-2)19(18-14)11-7-9-13-10-8-12-21-13/h13H,4-12H2,1-3H3. The average Bonchev–Trinajstić information content (AvgIpc) is 3.13. The molecular weight excluding hydrogens is 264 g/mol. The van der Waals surface area contributed by atoms with E-state index < -0.39 is 0 Å². The van der Waals surface area contributed by atoms with Crippen molar-refractivity contribution in [2.24, 2.45) is 0 Å². The van der Waals surface area contributed by atoms with Crippen LogP contribution in [0.4, 0.5) is 0 Å². The van der Waals surface area contributed by atoms with Gasteiger partial charge in [0.25, 0.3) is 0 Å². The third kappa shape index (κ3) is 3.73. The van der Waals surface area contributed by atoms with Gasteiger partial charge in [-0.1, -0.05) is 20.8 Å². The number of aromatic nitrogens is 2. The number of ketones is 1. The molecule has 2 heterocycles. The number of hydrogen-bond donors (Lipinski definition) is 0. The fourth-order valence-corrected chi connectivity index (χ4v) is 3.18. The maximum atomic E-state index is 12.2. The van der Waals surface area contributed by atoms with Crippen molar-refractivity contribution in [3.63, 3.8) is 0 Å². The van der Waals surface area contributed by atoms with Crippen molar-refractivity contribution in [1.82, 2.24) is 9.78 Å². The molecule has 1 atom stereocenters. The van der Waals surface area contributed by atoms with Crippen LogP contribution in [0.3, 0.4) is 0 Å². The maximum Gasteiger partial charge on any atom is 0.166 e. The SMILES string of the molecule is CCC(=O)c1c(CC)nn(CCCC2CCCO2)c1CC. The molecule has 2 rings (SSSR count). The number of ether oxygens (including phenoxy) is 1. The van der Waals surface area contributed by atoms with E-state index in [1.54, 1.807) is 0 Å². The van der Waals surface area contributed by atoms with Gasteiger partial charge >= 0.3 is 0 Å². The van der Waals surface area contributed by atoms with Crippen LogP contribution in [-0.4, -0.2) is 28.3 Å². The zero-order chi connectivity index (χ0) is 15.2. The molecule has 0 saturated carbocycles. The van der Waals surface area contributed by atoms with E-state index in [2.05, 4.69) is 23.6 Å². The number of rotatable bonds is 8. The molecule has 1 aromatic rings. The van der Waals surface area contributed by atoms with Gasteiger partial charge in [-0.3, -0.25) is 9.48 Å². The molecule has 1 unspecified atom stereocenters. The lowest BCUT2D eigenvalue weighted by molar-refractivity contribution is 0.0984. The van der Waals surface area contributed by atoms with Crippen molar-refractivity contribution in [3.05, 3.63) is 17.0 Å². The Hall–Kier alpha value is -1.16. The zero-order valence-electron chi connectivity index (χ0n) is 13.7. The van der Waals surface area contributed by atoms with E-state index in [0.29, 0.717) is 12.5 Å². The molecule has 0 radical (unpaired) electrons. The number of nitrogens with zero attached hydrogens (tertiary/aromatic N) is 2. The minimum Gasteiger partial charge on any atom is -0.378 e. The third-order valence-corrected chi connectivity index (χ3v) is 4.32. The first-order chi connectivity index (χ1) is 10.2. The first kappa shape index (κ1) is 16.2. The summed E-state index contributed by atoms with van der Waals surface area (Å²) in [5.41, 5.74) is 2.97. The van der Waals surface area contributed by atoms with Crippen LogP contribution in [0.15, 0.2) is 0 Å². The molecule has 1 aromatic heterocycles. The van der Waals surface area contributed by atoms with E-state index in [1.165, 1.54) is 12.8 Å². The zero-order valence-corrected chi connectivity index (χ0v) is 13.7. The second-order valence-electron chi connectivity index (χ2n) is 5.75. The monoisotopic (exact) mass is 292 g/mol. The Bertz CT molecular complexity index is 473. The Morgan fingerprint density at radius 2 is 2.14 bits per heavy atom. The average molecular weight is 292 g/mol. The smallest absolute Gasteiger partial charge is 0.166 e. The van der Waals surface area contributed by atoms with E-state index in [0.717, 1.165) is 55.8 Å². The molecule has 1 aliphatic rings. The lowest BCUT2D eigenvalue weighted by Gasteiger charge is -2.10. The van der Waals surface area contributed by atoms with Gasteiger partial charge in [0.2, 0.25) is 0 Å². The van der Waals surface area contributed by atoms with Crippen LogP contribution in [-0.2, 0) is 24.1 Å². The molecule has 118 valence electrons. The second kappa shape index (κ2) is 7.74. The number of hydrogen-bond acceptors (Lipinski definition) is 3. The Balaban J connectivity index is 2.07. The van der Waals surface area contributed by atoms with Gasteiger partial charge in [0.05, 0.1) is 17.4 Å². The fraction of sp³-hybridized carbons (Fsp3) is 0.765. The fourth-order valence-electron chi connectivity index (χ4n) is 3.18. The lowest BCUT2D eigenvalue weighted by Crippen LogP contribution is -2.11. The van der Waals surface area contributed by atoms with Crippen molar-refractivity contribution < 1.29 is 9.53 Å². The normalized spacial score (nSPS) is 18.3. The van der Waals surface area contributed by atoms with Gasteiger partial charge in [-0.25, -0.2) is 0 Å². The van der Waals surface area contributed by atoms with Crippen LogP contribution >= 0.6 is 0 Å². The van der Waals surface area contributed by atoms with E-state index in [-0.39, 0.29) is 5.78 Å². The minimum absolute atomic E-state index is 0.231. The quantitative estimate of drug-likeness (QED) is 0.688. The van der Waals surface area contributed by atoms with Crippen LogP contribution in [0.25, 0.3) is 0 Å². The number of aryl methyl sites for hydroxylation is 2. The van der Waals surface area contributed by atoms with Gasteiger partial charge in [0, 0.05) is 25.3 Å². The Morgan fingerprint density at radius 1 is 1.33 bits per heavy atom. The molecule has 0 bridgehead atoms. The van der Waals surface area contributed by atoms with Crippen molar-refractivity contribution in [2.75, 3.05) is 6.61 Å². The van der Waals surface area contributed by atoms with Crippen molar-refractivity contribution in [1.29, 1.82) is 0 Å². The Morgan fingerprint density at radius 3 is 2.71 bits per heavy atom. The van der Waals surface area contributed by atoms with Crippen LogP contribution < -0.4 is 0 Å². The van der Waals surface area contributed by atoms with Gasteiger partial charge in [0.15, 0.2) is 5.78 Å². The summed E-state index contributed by atoms with van der Waals surface area (Å²) in [6.45, 7) is 7.93. The highest BCUT2D eigenvalue weighted by atomic mass is 16.5. The molecule has 0 N–H and O–H groups in total. The predicted octanol–water partition coefficient (Wildman–Crippen LogP) is 3.56. The maximum absolute atomic E-state index is 12.2. The highest BCUT2D eigenvalue weighted by Crippen LogP contribution is 2.21. The summed E-state index contributed by atoms with van der Waals surface area (Å²) in [7, 11) is 0. The predicted molar refractivity (Wildman–Crippen MR) is 83.8 cm³/mol. The molecule has 1 fully saturated rings. The summed E-state index contributed by atoms with van der Waals surface area (Å²) in [6, 6.07) is 0. The molecule has 0 amide bonds. The Kier molecular flexibility index (Phi) is 5.97. The number of carbonyl (C=O) groups excluding carboxylic acids is 1. The van der Waals surface area contributed by atoms with Crippen LogP contribution in [0, 0.1) is 0 Å². The molecule has 0 aromatic carbocycles. The van der Waals surface area contributed by atoms with Gasteiger partial charge in [0.1, 0.15) is 0 Å². The summed E-state index contributed by atoms with van der Waals surface area (Å²) >= 11 is 0. The summed E-state index contributed by atoms with van der Waals surface area (Å²) in [5, 5.41) is 4.69. The second-order valence-corrected chi connectivity index (χ2v) is 5.75. The molecule has 4 heteroatoms. The van der Waals surface area contributed by atoms with E-state index in [9.17, 15) is 4.79 Å². The third-order valence-electron chi connectivity index (χ3n) is 4.32. The van der Waals surface area contributed by atoms with E-state index in [1.807, 2.05) is 6.92 Å². The highest BCUT2D eigenvalue weighted by Gasteiger charge is 2.21. The summed E-state index contributed by atoms with van der Waals surface area (Å²) in [5.74, 6) is 0.231. The first-order valence-corrected chi connectivity index (χ1v) is 8.44. The number of carbonyl (C=O) groups is 1. The van der Waals surface area contributed by atoms with Gasteiger partial charge in [-0.15, -0.1) is 0 Å². The summed E-state index contributed by atoms with van der Waals surface area (Å²) in [6.07, 6.45) is 7.25. The molecular formula is C17H28N2O2. The van der Waals surface area contributed by atoms with E-state index in [4.69, 9.17) is 4.74 Å². The molecule has 21 heavy (non-hydrogen) atoms. The van der Waals surface area contributed by atoms with E-state index >= 15 is 0 Å². The van der Waals surface area contributed by atoms with Gasteiger partial charge in [-0.2, -0.15) is 5.10 Å². The van der Waals surface area contributed by atoms with Crippen LogP contribution in [0.1, 0.15) is 74.6 Å². The molecule has 4 nitrogen and oxygen atoms in total. The summed E-state index contributed by atoms with van der Waals surface area (Å²) in [4.78, 5) is 12.2. The first-order valence-electron chi connectivity index (χ1n) is 8.44. The van der Waals surface area contributed by atoms with Gasteiger partial charge < -0.3 is 4.74 Å². The van der Waals surface area contributed by atoms with Crippen molar-refractivity contribution >= 4 is 5.78 Å². The minimum atomic E-state index is 0.231. The highest BCUT2D eigenvalue weighted by molar-refractivity contribution is 5.98. The summed E-state index contributed by atoms with van der Waals surface area (Å²) < 4.78 is 7.74. The lowest BCUT2D eigenvalue weighted by atomic mass is 10.0. The van der Waals surface area contributed by atoms with Gasteiger partial charge in [-0.05, 0) is 38.5 Å². The Labute approximate surface area is 127 Å².